The van der Waals surface area contributed by atoms with Gasteiger partial charge in [0.2, 0.25) is 11.9 Å². The van der Waals surface area contributed by atoms with Crippen molar-refractivity contribution in [1.82, 2.24) is 24.8 Å². The van der Waals surface area contributed by atoms with Crippen molar-refractivity contribution in [2.75, 3.05) is 57.1 Å². The van der Waals surface area contributed by atoms with Gasteiger partial charge < -0.3 is 24.6 Å². The summed E-state index contributed by atoms with van der Waals surface area (Å²) in [5, 5.41) is 4.57. The van der Waals surface area contributed by atoms with Crippen molar-refractivity contribution in [3.63, 3.8) is 0 Å². The third-order valence-corrected chi connectivity index (χ3v) is 6.30. The molecule has 0 saturated carbocycles. The van der Waals surface area contributed by atoms with Gasteiger partial charge in [-0.05, 0) is 55.6 Å². The van der Waals surface area contributed by atoms with E-state index in [1.54, 1.807) is 0 Å². The highest BCUT2D eigenvalue weighted by Gasteiger charge is 2.19. The van der Waals surface area contributed by atoms with Gasteiger partial charge in [-0.2, -0.15) is 4.98 Å². The third-order valence-electron chi connectivity index (χ3n) is 6.30. The van der Waals surface area contributed by atoms with Crippen molar-refractivity contribution in [2.45, 2.75) is 39.2 Å². The first kappa shape index (κ1) is 24.0. The molecule has 1 amide bonds. The van der Waals surface area contributed by atoms with Crippen LogP contribution in [0, 0.1) is 0 Å². The fourth-order valence-electron chi connectivity index (χ4n) is 4.46. The molecule has 0 aliphatic carbocycles. The highest BCUT2D eigenvalue weighted by molar-refractivity contribution is 5.91. The van der Waals surface area contributed by atoms with Gasteiger partial charge in [-0.3, -0.25) is 4.79 Å². The Morgan fingerprint density at radius 2 is 2.00 bits per heavy atom. The van der Waals surface area contributed by atoms with Crippen LogP contribution in [0.4, 0.5) is 11.8 Å². The normalized spacial score (nSPS) is 13.8. The van der Waals surface area contributed by atoms with E-state index in [1.807, 2.05) is 23.9 Å². The van der Waals surface area contributed by atoms with E-state index < -0.39 is 0 Å². The maximum absolute atomic E-state index is 11.7. The summed E-state index contributed by atoms with van der Waals surface area (Å²) >= 11 is 0. The largest absolute Gasteiger partial charge is 0.359 e. The maximum Gasteiger partial charge on any atom is 0.227 e. The molecule has 1 aliphatic rings. The summed E-state index contributed by atoms with van der Waals surface area (Å²) < 4.78 is 2.15. The topological polar surface area (TPSA) is 69.5 Å². The molecule has 34 heavy (non-hydrogen) atoms. The van der Waals surface area contributed by atoms with E-state index in [0.717, 1.165) is 86.8 Å². The fraction of sp³-hybridized carbons (Fsp3) is 0.500. The van der Waals surface area contributed by atoms with Gasteiger partial charge in [0.25, 0.3) is 0 Å². The summed E-state index contributed by atoms with van der Waals surface area (Å²) in [6.45, 7) is 6.62. The third kappa shape index (κ3) is 5.50. The second-order valence-electron chi connectivity index (χ2n) is 9.31. The van der Waals surface area contributed by atoms with Crippen LogP contribution in [0.5, 0.6) is 0 Å². The average molecular weight is 464 g/mol. The standard InChI is InChI=1S/C26H37N7O/c1-5-13-31(4)25-22-10-9-21(17-23(22)28-26(29-25)30(2)3)33-16-11-20(19-33)18-27-12-7-15-32-14-6-8-24(32)34/h9-11,16-17,19,27H,5-8,12-15,18H2,1-4H3. The van der Waals surface area contributed by atoms with Crippen LogP contribution < -0.4 is 15.1 Å². The molecule has 0 bridgehead atoms. The molecule has 0 spiro atoms. The highest BCUT2D eigenvalue weighted by atomic mass is 16.2. The number of hydrogen-bond acceptors (Lipinski definition) is 6. The number of carbonyl (C=O) groups is 1. The Labute approximate surface area is 202 Å². The van der Waals surface area contributed by atoms with E-state index in [4.69, 9.17) is 9.97 Å². The number of carbonyl (C=O) groups excluding carboxylic acids is 1. The molecule has 1 aromatic carbocycles. The molecular formula is C26H37N7O. The van der Waals surface area contributed by atoms with Crippen LogP contribution in [0.25, 0.3) is 16.6 Å². The number of aromatic nitrogens is 3. The molecule has 1 saturated heterocycles. The molecule has 3 heterocycles. The van der Waals surface area contributed by atoms with Crippen molar-refractivity contribution in [1.29, 1.82) is 0 Å². The molecule has 0 atom stereocenters. The van der Waals surface area contributed by atoms with Crippen molar-refractivity contribution >= 4 is 28.6 Å². The van der Waals surface area contributed by atoms with Crippen LogP contribution in [0.3, 0.4) is 0 Å². The van der Waals surface area contributed by atoms with Crippen molar-refractivity contribution in [2.24, 2.45) is 0 Å². The summed E-state index contributed by atoms with van der Waals surface area (Å²) in [6.07, 6.45) is 8.03. The van der Waals surface area contributed by atoms with Crippen LogP contribution in [0.1, 0.15) is 38.2 Å². The van der Waals surface area contributed by atoms with E-state index in [2.05, 4.69) is 65.4 Å². The number of fused-ring (bicyclic) bond motifs is 1. The van der Waals surface area contributed by atoms with Gasteiger partial charge in [0, 0.05) is 77.2 Å². The first-order chi connectivity index (χ1) is 16.5. The Hall–Kier alpha value is -3.13. The average Bonchev–Trinajstić information content (AvgIpc) is 3.47. The lowest BCUT2D eigenvalue weighted by atomic mass is 10.2. The molecular weight excluding hydrogens is 426 g/mol. The van der Waals surface area contributed by atoms with Crippen LogP contribution >= 0.6 is 0 Å². The maximum atomic E-state index is 11.7. The Balaban J connectivity index is 1.43. The quantitative estimate of drug-likeness (QED) is 0.440. The number of anilines is 2. The van der Waals surface area contributed by atoms with Gasteiger partial charge >= 0.3 is 0 Å². The van der Waals surface area contributed by atoms with Crippen molar-refractivity contribution in [3.05, 3.63) is 42.2 Å². The Morgan fingerprint density at radius 3 is 2.74 bits per heavy atom. The predicted octanol–water partition coefficient (Wildman–Crippen LogP) is 3.43. The number of rotatable bonds is 11. The number of likely N-dealkylation sites (tertiary alicyclic amines) is 1. The number of hydrogen-bond donors (Lipinski definition) is 1. The first-order valence-electron chi connectivity index (χ1n) is 12.3. The van der Waals surface area contributed by atoms with Gasteiger partial charge in [0.1, 0.15) is 5.82 Å². The Morgan fingerprint density at radius 1 is 1.15 bits per heavy atom. The lowest BCUT2D eigenvalue weighted by Gasteiger charge is -2.21. The zero-order valence-electron chi connectivity index (χ0n) is 20.9. The van der Waals surface area contributed by atoms with Crippen LogP contribution in [0.2, 0.25) is 0 Å². The molecule has 182 valence electrons. The second kappa shape index (κ2) is 10.9. The summed E-state index contributed by atoms with van der Waals surface area (Å²) in [5.74, 6) is 1.99. The second-order valence-corrected chi connectivity index (χ2v) is 9.31. The SMILES string of the molecule is CCCN(C)c1nc(N(C)C)nc2cc(-n3ccc(CNCCCN4CCCC4=O)c3)ccc12. The minimum atomic E-state index is 0.305. The van der Waals surface area contributed by atoms with Crippen LogP contribution in [-0.4, -0.2) is 72.7 Å². The molecule has 4 rings (SSSR count). The molecule has 2 aromatic heterocycles. The van der Waals surface area contributed by atoms with E-state index in [-0.39, 0.29) is 0 Å². The zero-order chi connectivity index (χ0) is 24.1. The summed E-state index contributed by atoms with van der Waals surface area (Å²) in [5.41, 5.74) is 3.26. The van der Waals surface area contributed by atoms with Gasteiger partial charge in [-0.25, -0.2) is 4.98 Å². The van der Waals surface area contributed by atoms with E-state index in [0.29, 0.717) is 5.91 Å². The smallest absolute Gasteiger partial charge is 0.227 e. The van der Waals surface area contributed by atoms with E-state index in [1.165, 1.54) is 5.56 Å². The fourth-order valence-corrected chi connectivity index (χ4v) is 4.46. The van der Waals surface area contributed by atoms with E-state index >= 15 is 0 Å². The summed E-state index contributed by atoms with van der Waals surface area (Å²) in [6, 6.07) is 8.54. The lowest BCUT2D eigenvalue weighted by molar-refractivity contribution is -0.127. The zero-order valence-corrected chi connectivity index (χ0v) is 20.9. The molecule has 8 nitrogen and oxygen atoms in total. The molecule has 1 fully saturated rings. The van der Waals surface area contributed by atoms with Gasteiger partial charge in [0.15, 0.2) is 0 Å². The minimum Gasteiger partial charge on any atom is -0.359 e. The molecule has 0 unspecified atom stereocenters. The van der Waals surface area contributed by atoms with Crippen molar-refractivity contribution < 1.29 is 4.79 Å². The molecule has 1 N–H and O–H groups in total. The minimum absolute atomic E-state index is 0.305. The van der Waals surface area contributed by atoms with Crippen LogP contribution in [0.15, 0.2) is 36.7 Å². The summed E-state index contributed by atoms with van der Waals surface area (Å²) in [7, 11) is 6.04. The number of nitrogens with one attached hydrogen (secondary N) is 1. The Kier molecular flexibility index (Phi) is 7.67. The van der Waals surface area contributed by atoms with Gasteiger partial charge in [-0.1, -0.05) is 6.92 Å². The molecule has 0 radical (unpaired) electrons. The highest BCUT2D eigenvalue weighted by Crippen LogP contribution is 2.28. The number of benzene rings is 1. The van der Waals surface area contributed by atoms with E-state index in [9.17, 15) is 4.79 Å². The molecule has 8 heteroatoms. The molecule has 1 aliphatic heterocycles. The monoisotopic (exact) mass is 463 g/mol. The first-order valence-corrected chi connectivity index (χ1v) is 12.3. The number of nitrogens with zero attached hydrogens (tertiary/aromatic N) is 6. The summed E-state index contributed by atoms with van der Waals surface area (Å²) in [4.78, 5) is 27.5. The van der Waals surface area contributed by atoms with Gasteiger partial charge in [0.05, 0.1) is 5.52 Å². The number of amides is 1. The predicted molar refractivity (Wildman–Crippen MR) is 139 cm³/mol. The lowest BCUT2D eigenvalue weighted by Crippen LogP contribution is -2.28. The Bertz CT molecular complexity index is 1120. The molecule has 3 aromatic rings. The van der Waals surface area contributed by atoms with Crippen LogP contribution in [-0.2, 0) is 11.3 Å². The van der Waals surface area contributed by atoms with Crippen molar-refractivity contribution in [3.8, 4) is 5.69 Å². The van der Waals surface area contributed by atoms with Gasteiger partial charge in [-0.15, -0.1) is 0 Å².